The van der Waals surface area contributed by atoms with Gasteiger partial charge in [-0.15, -0.1) is 12.6 Å². The van der Waals surface area contributed by atoms with E-state index in [1.54, 1.807) is 0 Å². The minimum Gasteiger partial charge on any atom is -0.246 e. The normalized spacial score (nSPS) is 20.5. The lowest BCUT2D eigenvalue weighted by Crippen LogP contribution is -1.99. The lowest BCUT2D eigenvalue weighted by atomic mass is 9.99. The van der Waals surface area contributed by atoms with Gasteiger partial charge in [0.05, 0.1) is 10.7 Å². The molecule has 0 spiro atoms. The standard InChI is InChI=1S/C10H11NS/c1-2-7-8-5-3-4-6-9(8)11-10(7)12/h3-7H,2H2,1H3,(H,11,12). The molecule has 2 rings (SSSR count). The van der Waals surface area contributed by atoms with E-state index in [0.717, 1.165) is 17.2 Å². The molecular weight excluding hydrogens is 166 g/mol. The molecule has 0 aliphatic carbocycles. The van der Waals surface area contributed by atoms with Crippen LogP contribution >= 0.6 is 12.6 Å². The molecule has 1 aromatic carbocycles. The molecule has 0 saturated heterocycles. The first-order chi connectivity index (χ1) is 5.83. The predicted molar refractivity (Wildman–Crippen MR) is 55.6 cm³/mol. The molecule has 1 unspecified atom stereocenters. The molecule has 0 aromatic heterocycles. The fourth-order valence-corrected chi connectivity index (χ4v) is 2.06. The van der Waals surface area contributed by atoms with Crippen molar-refractivity contribution in [2.24, 2.45) is 4.99 Å². The van der Waals surface area contributed by atoms with E-state index >= 15 is 0 Å². The highest BCUT2D eigenvalue weighted by Gasteiger charge is 2.22. The maximum Gasteiger partial charge on any atom is 0.0783 e. The minimum absolute atomic E-state index is 0.435. The van der Waals surface area contributed by atoms with Gasteiger partial charge in [-0.1, -0.05) is 25.1 Å². The number of rotatable bonds is 1. The highest BCUT2D eigenvalue weighted by molar-refractivity contribution is 7.97. The molecule has 0 amide bonds. The number of benzene rings is 1. The topological polar surface area (TPSA) is 12.4 Å². The van der Waals surface area contributed by atoms with Gasteiger partial charge in [-0.05, 0) is 18.1 Å². The predicted octanol–water partition coefficient (Wildman–Crippen LogP) is 3.15. The van der Waals surface area contributed by atoms with Crippen molar-refractivity contribution in [3.8, 4) is 0 Å². The van der Waals surface area contributed by atoms with Gasteiger partial charge in [-0.25, -0.2) is 4.99 Å². The number of nitrogens with zero attached hydrogens (tertiary/aromatic N) is 1. The monoisotopic (exact) mass is 177 g/mol. The summed E-state index contributed by atoms with van der Waals surface area (Å²) in [6.07, 6.45) is 1.08. The second-order valence-electron chi connectivity index (χ2n) is 2.99. The molecule has 1 heterocycles. The summed E-state index contributed by atoms with van der Waals surface area (Å²) in [7, 11) is 0. The lowest BCUT2D eigenvalue weighted by molar-refractivity contribution is 0.872. The average molecular weight is 177 g/mol. The zero-order valence-corrected chi connectivity index (χ0v) is 7.88. The summed E-state index contributed by atoms with van der Waals surface area (Å²) < 4.78 is 0. The van der Waals surface area contributed by atoms with Crippen molar-refractivity contribution in [1.82, 2.24) is 0 Å². The molecule has 0 bridgehead atoms. The summed E-state index contributed by atoms with van der Waals surface area (Å²) in [6, 6.07) is 8.25. The van der Waals surface area contributed by atoms with Crippen LogP contribution in [0.1, 0.15) is 24.8 Å². The molecule has 1 nitrogen and oxygen atoms in total. The maximum absolute atomic E-state index is 4.39. The molecule has 1 aromatic rings. The Bertz CT molecular complexity index is 330. The summed E-state index contributed by atoms with van der Waals surface area (Å²) in [5, 5.41) is 0.957. The molecule has 62 valence electrons. The van der Waals surface area contributed by atoms with Crippen molar-refractivity contribution in [2.45, 2.75) is 19.3 Å². The molecule has 12 heavy (non-hydrogen) atoms. The van der Waals surface area contributed by atoms with E-state index in [1.807, 2.05) is 12.1 Å². The number of hydrogen-bond donors (Lipinski definition) is 1. The first-order valence-corrected chi connectivity index (χ1v) is 4.64. The van der Waals surface area contributed by atoms with Crippen LogP contribution in [0, 0.1) is 0 Å². The van der Waals surface area contributed by atoms with Crippen LogP contribution in [-0.4, -0.2) is 5.04 Å². The van der Waals surface area contributed by atoms with Crippen molar-refractivity contribution in [1.29, 1.82) is 0 Å². The molecule has 2 heteroatoms. The van der Waals surface area contributed by atoms with Gasteiger partial charge in [0.2, 0.25) is 0 Å². The molecule has 1 aliphatic rings. The molecular formula is C10H11NS. The average Bonchev–Trinajstić information content (AvgIpc) is 2.40. The van der Waals surface area contributed by atoms with Gasteiger partial charge in [-0.2, -0.15) is 0 Å². The molecule has 0 N–H and O–H groups in total. The Kier molecular flexibility index (Phi) is 1.93. The maximum atomic E-state index is 4.39. The second-order valence-corrected chi connectivity index (χ2v) is 3.45. The molecule has 0 radical (unpaired) electrons. The quantitative estimate of drug-likeness (QED) is 0.633. The second kappa shape index (κ2) is 2.94. The van der Waals surface area contributed by atoms with Crippen LogP contribution in [0.3, 0.4) is 0 Å². The van der Waals surface area contributed by atoms with Crippen LogP contribution in [0.5, 0.6) is 0 Å². The number of thiol groups is 1. The summed E-state index contributed by atoms with van der Waals surface area (Å²) in [5.74, 6) is 0.435. The third-order valence-corrected chi connectivity index (χ3v) is 2.68. The summed E-state index contributed by atoms with van der Waals surface area (Å²) in [6.45, 7) is 2.17. The Labute approximate surface area is 77.9 Å². The zero-order chi connectivity index (χ0) is 8.55. The van der Waals surface area contributed by atoms with Gasteiger partial charge >= 0.3 is 0 Å². The Morgan fingerprint density at radius 2 is 2.17 bits per heavy atom. The van der Waals surface area contributed by atoms with Gasteiger partial charge in [-0.3, -0.25) is 0 Å². The molecule has 1 atom stereocenters. The highest BCUT2D eigenvalue weighted by atomic mass is 32.1. The Hall–Kier alpha value is -0.760. The van der Waals surface area contributed by atoms with E-state index in [9.17, 15) is 0 Å². The summed E-state index contributed by atoms with van der Waals surface area (Å²) >= 11 is 4.36. The van der Waals surface area contributed by atoms with Gasteiger partial charge in [0.1, 0.15) is 0 Å². The number of aliphatic imine (C=N–C) groups is 1. The third-order valence-electron chi connectivity index (χ3n) is 2.27. The van der Waals surface area contributed by atoms with E-state index in [1.165, 1.54) is 5.56 Å². The largest absolute Gasteiger partial charge is 0.246 e. The Morgan fingerprint density at radius 1 is 1.42 bits per heavy atom. The summed E-state index contributed by atoms with van der Waals surface area (Å²) in [4.78, 5) is 4.39. The van der Waals surface area contributed by atoms with Crippen LogP contribution in [0.25, 0.3) is 0 Å². The lowest BCUT2D eigenvalue weighted by Gasteiger charge is -2.06. The van der Waals surface area contributed by atoms with E-state index in [4.69, 9.17) is 0 Å². The van der Waals surface area contributed by atoms with E-state index in [-0.39, 0.29) is 0 Å². The van der Waals surface area contributed by atoms with Crippen molar-refractivity contribution in [2.75, 3.05) is 0 Å². The fraction of sp³-hybridized carbons (Fsp3) is 0.300. The van der Waals surface area contributed by atoms with Gasteiger partial charge in [0.25, 0.3) is 0 Å². The third kappa shape index (κ3) is 1.07. The van der Waals surface area contributed by atoms with Crippen LogP contribution in [0.15, 0.2) is 29.3 Å². The van der Waals surface area contributed by atoms with Crippen LogP contribution in [0.4, 0.5) is 5.69 Å². The smallest absolute Gasteiger partial charge is 0.0783 e. The van der Waals surface area contributed by atoms with Crippen LogP contribution < -0.4 is 0 Å². The van der Waals surface area contributed by atoms with E-state index in [2.05, 4.69) is 36.7 Å². The van der Waals surface area contributed by atoms with Crippen molar-refractivity contribution in [3.05, 3.63) is 29.8 Å². The van der Waals surface area contributed by atoms with Crippen molar-refractivity contribution >= 4 is 23.4 Å². The SMILES string of the molecule is CCC1C(S)=Nc2ccccc21. The van der Waals surface area contributed by atoms with Crippen LogP contribution in [-0.2, 0) is 0 Å². The zero-order valence-electron chi connectivity index (χ0n) is 6.99. The highest BCUT2D eigenvalue weighted by Crippen LogP contribution is 2.37. The first-order valence-electron chi connectivity index (χ1n) is 4.19. The van der Waals surface area contributed by atoms with Crippen molar-refractivity contribution in [3.63, 3.8) is 0 Å². The van der Waals surface area contributed by atoms with Gasteiger partial charge < -0.3 is 0 Å². The van der Waals surface area contributed by atoms with Gasteiger partial charge in [0, 0.05) is 5.92 Å². The van der Waals surface area contributed by atoms with Crippen LogP contribution in [0.2, 0.25) is 0 Å². The number of hydrogen-bond acceptors (Lipinski definition) is 1. The van der Waals surface area contributed by atoms with Crippen molar-refractivity contribution < 1.29 is 0 Å². The molecule has 0 saturated carbocycles. The molecule has 1 aliphatic heterocycles. The number of fused-ring (bicyclic) bond motifs is 1. The Balaban J connectivity index is 2.50. The van der Waals surface area contributed by atoms with E-state index < -0.39 is 0 Å². The number of para-hydroxylation sites is 1. The summed E-state index contributed by atoms with van der Waals surface area (Å²) in [5.41, 5.74) is 2.42. The van der Waals surface area contributed by atoms with Gasteiger partial charge in [0.15, 0.2) is 0 Å². The van der Waals surface area contributed by atoms with E-state index in [0.29, 0.717) is 5.92 Å². The minimum atomic E-state index is 0.435. The first kappa shape index (κ1) is 7.87. The molecule has 0 fully saturated rings. The Morgan fingerprint density at radius 3 is 2.92 bits per heavy atom. The fourth-order valence-electron chi connectivity index (χ4n) is 1.63.